The first-order valence-corrected chi connectivity index (χ1v) is 17.1. The van der Waals surface area contributed by atoms with Crippen molar-refractivity contribution in [1.29, 1.82) is 0 Å². The Hall–Kier alpha value is -1.53. The van der Waals surface area contributed by atoms with E-state index in [1.54, 1.807) is 26.8 Å². The van der Waals surface area contributed by atoms with E-state index in [1.165, 1.54) is 12.2 Å². The number of aliphatic hydroxyl groups is 1. The topological polar surface area (TPSA) is 127 Å². The summed E-state index contributed by atoms with van der Waals surface area (Å²) in [6.45, 7) is 16.8. The Bertz CT molecular complexity index is 1260. The van der Waals surface area contributed by atoms with Crippen LogP contribution in [0.3, 0.4) is 0 Å². The standard InChI is InChI=1S/C36H56FNO8/c1-30(2,13-15-38)43-17-18-44-31(3,4)14-16-42-22-28(41)36-29(45-32(5,6)46-36)20-26-25-10-9-23-19-24(39)11-12-33(23,7)35(25,37)27(40)21-34(26,36)8/h11-12,19,25-27,29,40H,9-10,13-18,20-22,38H2,1-8H3/t25-,26-,27-,29+,33-,34-,35-,36+/m0/s1. The minimum atomic E-state index is -2.00. The average Bonchev–Trinajstić information content (AvgIpc) is 3.36. The molecule has 1 heterocycles. The lowest BCUT2D eigenvalue weighted by Gasteiger charge is -2.62. The predicted molar refractivity (Wildman–Crippen MR) is 171 cm³/mol. The molecular formula is C36H56FNO8. The minimum Gasteiger partial charge on any atom is -0.390 e. The maximum Gasteiger partial charge on any atom is 0.193 e. The number of Topliss-reactive ketones (excluding diaryl/α,β-unsaturated/α-hetero) is 1. The first-order valence-electron chi connectivity index (χ1n) is 17.1. The number of fused-ring (bicyclic) bond motifs is 7. The van der Waals surface area contributed by atoms with Gasteiger partial charge in [-0.15, -0.1) is 0 Å². The normalized spacial score (nSPS) is 39.8. The fourth-order valence-corrected chi connectivity index (χ4v) is 9.53. The van der Waals surface area contributed by atoms with Crippen molar-refractivity contribution < 1.29 is 42.8 Å². The van der Waals surface area contributed by atoms with Gasteiger partial charge in [0, 0.05) is 23.4 Å². The van der Waals surface area contributed by atoms with Crippen molar-refractivity contribution in [2.75, 3.05) is 33.0 Å². The SMILES string of the molecule is CC(C)(CCN)OCCOC(C)(C)CCOCC(=O)[C@@]12OC(C)(C)O[C@@H]1C[C@H]1[C@@H]3CCC4=CC(=O)C=C[C@]4(C)[C@@]3(F)[C@@H](O)C[C@@]12C. The predicted octanol–water partition coefficient (Wildman–Crippen LogP) is 4.77. The Morgan fingerprint density at radius 1 is 1.07 bits per heavy atom. The van der Waals surface area contributed by atoms with E-state index in [-0.39, 0.29) is 36.1 Å². The Kier molecular flexibility index (Phi) is 9.42. The molecule has 4 fully saturated rings. The van der Waals surface area contributed by atoms with Gasteiger partial charge in [0.15, 0.2) is 28.6 Å². The second kappa shape index (κ2) is 12.1. The minimum absolute atomic E-state index is 0.0298. The highest BCUT2D eigenvalue weighted by Gasteiger charge is 2.80. The number of rotatable bonds is 13. The molecule has 5 rings (SSSR count). The van der Waals surface area contributed by atoms with Crippen LogP contribution in [0.4, 0.5) is 4.39 Å². The van der Waals surface area contributed by atoms with Gasteiger partial charge in [-0.3, -0.25) is 9.59 Å². The highest BCUT2D eigenvalue weighted by Crippen LogP contribution is 2.72. The van der Waals surface area contributed by atoms with Gasteiger partial charge in [0.25, 0.3) is 0 Å². The number of hydrogen-bond acceptors (Lipinski definition) is 9. The van der Waals surface area contributed by atoms with Crippen molar-refractivity contribution in [3.8, 4) is 0 Å². The largest absolute Gasteiger partial charge is 0.390 e. The highest BCUT2D eigenvalue weighted by atomic mass is 19.1. The number of carbonyl (C=O) groups is 2. The summed E-state index contributed by atoms with van der Waals surface area (Å²) in [5, 5.41) is 11.8. The van der Waals surface area contributed by atoms with Crippen molar-refractivity contribution in [3.63, 3.8) is 0 Å². The molecule has 46 heavy (non-hydrogen) atoms. The Morgan fingerprint density at radius 3 is 2.37 bits per heavy atom. The molecule has 10 heteroatoms. The molecule has 4 aliphatic carbocycles. The lowest BCUT2D eigenvalue weighted by Crippen LogP contribution is -2.70. The van der Waals surface area contributed by atoms with Crippen molar-refractivity contribution in [1.82, 2.24) is 0 Å². The zero-order valence-corrected chi connectivity index (χ0v) is 29.1. The number of alkyl halides is 1. The number of allylic oxidation sites excluding steroid dienone is 4. The van der Waals surface area contributed by atoms with Crippen LogP contribution in [0.1, 0.15) is 93.9 Å². The van der Waals surface area contributed by atoms with Crippen LogP contribution in [0.5, 0.6) is 0 Å². The zero-order chi connectivity index (χ0) is 34.0. The van der Waals surface area contributed by atoms with Gasteiger partial charge in [-0.05, 0) is 112 Å². The number of ketones is 2. The summed E-state index contributed by atoms with van der Waals surface area (Å²) in [7, 11) is 0. The molecule has 260 valence electrons. The summed E-state index contributed by atoms with van der Waals surface area (Å²) in [4.78, 5) is 26.5. The lowest BCUT2D eigenvalue weighted by molar-refractivity contribution is -0.246. The summed E-state index contributed by atoms with van der Waals surface area (Å²) in [5.74, 6) is -2.25. The van der Waals surface area contributed by atoms with Gasteiger partial charge >= 0.3 is 0 Å². The van der Waals surface area contributed by atoms with Gasteiger partial charge in [-0.1, -0.05) is 18.6 Å². The van der Waals surface area contributed by atoms with Crippen LogP contribution in [-0.4, -0.2) is 90.1 Å². The molecule has 1 saturated heterocycles. The molecule has 0 unspecified atom stereocenters. The van der Waals surface area contributed by atoms with Gasteiger partial charge in [0.2, 0.25) is 0 Å². The van der Waals surface area contributed by atoms with E-state index in [9.17, 15) is 14.7 Å². The molecule has 5 aliphatic rings. The van der Waals surface area contributed by atoms with E-state index < -0.39 is 51.6 Å². The van der Waals surface area contributed by atoms with Crippen molar-refractivity contribution >= 4 is 11.6 Å². The number of halogens is 1. The molecular weight excluding hydrogens is 593 g/mol. The molecule has 0 aromatic carbocycles. The number of aliphatic hydroxyl groups excluding tert-OH is 1. The molecule has 3 N–H and O–H groups in total. The molecule has 0 spiro atoms. The molecule has 0 aromatic rings. The average molecular weight is 650 g/mol. The Labute approximate surface area is 273 Å². The zero-order valence-electron chi connectivity index (χ0n) is 29.1. The van der Waals surface area contributed by atoms with E-state index >= 15 is 4.39 Å². The number of hydrogen-bond donors (Lipinski definition) is 2. The van der Waals surface area contributed by atoms with Crippen LogP contribution in [0.15, 0.2) is 23.8 Å². The Morgan fingerprint density at radius 2 is 1.72 bits per heavy atom. The van der Waals surface area contributed by atoms with Crippen LogP contribution in [0, 0.1) is 22.7 Å². The lowest BCUT2D eigenvalue weighted by atomic mass is 9.44. The monoisotopic (exact) mass is 649 g/mol. The molecule has 9 nitrogen and oxygen atoms in total. The van der Waals surface area contributed by atoms with Crippen molar-refractivity contribution in [2.45, 2.75) is 134 Å². The fraction of sp³-hybridized carbons (Fsp3) is 0.833. The molecule has 0 aromatic heterocycles. The van der Waals surface area contributed by atoms with E-state index in [0.29, 0.717) is 52.0 Å². The first kappa shape index (κ1) is 35.8. The van der Waals surface area contributed by atoms with Gasteiger partial charge < -0.3 is 34.5 Å². The van der Waals surface area contributed by atoms with E-state index in [4.69, 9.17) is 29.4 Å². The second-order valence-corrected chi connectivity index (χ2v) is 16.3. The van der Waals surface area contributed by atoms with Gasteiger partial charge in [-0.25, -0.2) is 4.39 Å². The molecule has 3 saturated carbocycles. The third-order valence-corrected chi connectivity index (χ3v) is 11.9. The quantitative estimate of drug-likeness (QED) is 0.271. The summed E-state index contributed by atoms with van der Waals surface area (Å²) in [5.41, 5.74) is 0.204. The third kappa shape index (κ3) is 5.77. The molecule has 8 atom stereocenters. The molecule has 0 amide bonds. The Balaban J connectivity index is 1.28. The summed E-state index contributed by atoms with van der Waals surface area (Å²) < 4.78 is 48.6. The van der Waals surface area contributed by atoms with Crippen LogP contribution >= 0.6 is 0 Å². The van der Waals surface area contributed by atoms with E-state index in [1.807, 2.05) is 34.6 Å². The maximum absolute atomic E-state index is 17.6. The van der Waals surface area contributed by atoms with Crippen molar-refractivity contribution in [2.24, 2.45) is 28.4 Å². The van der Waals surface area contributed by atoms with Gasteiger partial charge in [0.05, 0.1) is 36.6 Å². The summed E-state index contributed by atoms with van der Waals surface area (Å²) >= 11 is 0. The molecule has 0 bridgehead atoms. The van der Waals surface area contributed by atoms with Crippen LogP contribution in [0.2, 0.25) is 0 Å². The third-order valence-electron chi connectivity index (χ3n) is 11.9. The second-order valence-electron chi connectivity index (χ2n) is 16.3. The first-order chi connectivity index (χ1) is 21.3. The number of ether oxygens (including phenoxy) is 5. The molecule has 0 radical (unpaired) electrons. The van der Waals surface area contributed by atoms with Crippen LogP contribution in [-0.2, 0) is 33.3 Å². The summed E-state index contributed by atoms with van der Waals surface area (Å²) in [6, 6.07) is 0. The van der Waals surface area contributed by atoms with Crippen molar-refractivity contribution in [3.05, 3.63) is 23.8 Å². The highest BCUT2D eigenvalue weighted by molar-refractivity contribution is 6.01. The number of nitrogens with two attached hydrogens (primary N) is 1. The fourth-order valence-electron chi connectivity index (χ4n) is 9.53. The maximum atomic E-state index is 17.6. The molecule has 1 aliphatic heterocycles. The van der Waals surface area contributed by atoms with Gasteiger partial charge in [0.1, 0.15) is 6.61 Å². The van der Waals surface area contributed by atoms with Gasteiger partial charge in [-0.2, -0.15) is 0 Å². The smallest absolute Gasteiger partial charge is 0.193 e. The van der Waals surface area contributed by atoms with E-state index in [0.717, 1.165) is 12.0 Å². The van der Waals surface area contributed by atoms with Crippen LogP contribution < -0.4 is 5.73 Å². The summed E-state index contributed by atoms with van der Waals surface area (Å²) in [6.07, 6.45) is 5.44. The number of carbonyl (C=O) groups excluding carboxylic acids is 2. The van der Waals surface area contributed by atoms with E-state index in [2.05, 4.69) is 0 Å². The van der Waals surface area contributed by atoms with Crippen LogP contribution in [0.25, 0.3) is 0 Å².